The maximum atomic E-state index is 12.5. The molecule has 1 aromatic carbocycles. The van der Waals surface area contributed by atoms with E-state index in [1.165, 1.54) is 12.8 Å². The highest BCUT2D eigenvalue weighted by Gasteiger charge is 2.34. The molecule has 4 rings (SSSR count). The number of carbonyl (C=O) groups excluding carboxylic acids is 1. The largest absolute Gasteiger partial charge is 0.496 e. The topological polar surface area (TPSA) is 54.0 Å². The quantitative estimate of drug-likeness (QED) is 0.758. The van der Waals surface area contributed by atoms with Crippen molar-refractivity contribution in [3.63, 3.8) is 0 Å². The third-order valence-electron chi connectivity index (χ3n) is 5.52. The fourth-order valence-electron chi connectivity index (χ4n) is 4.19. The van der Waals surface area contributed by atoms with Crippen molar-refractivity contribution in [1.29, 1.82) is 0 Å². The van der Waals surface area contributed by atoms with Crippen molar-refractivity contribution in [3.05, 3.63) is 29.8 Å². The second-order valence-corrected chi connectivity index (χ2v) is 7.37. The Morgan fingerprint density at radius 3 is 2.85 bits per heavy atom. The summed E-state index contributed by atoms with van der Waals surface area (Å²) in [5.41, 5.74) is 1.00. The first-order valence-corrected chi connectivity index (χ1v) is 9.53. The van der Waals surface area contributed by atoms with Crippen LogP contribution in [0.25, 0.3) is 0 Å². The molecule has 2 atom stereocenters. The minimum absolute atomic E-state index is 0.0839. The van der Waals surface area contributed by atoms with Gasteiger partial charge in [0.1, 0.15) is 5.75 Å². The lowest BCUT2D eigenvalue weighted by molar-refractivity contribution is -0.122. The van der Waals surface area contributed by atoms with E-state index in [0.717, 1.165) is 44.1 Å². The van der Waals surface area contributed by atoms with Gasteiger partial charge >= 0.3 is 0 Å². The number of nitrogens with one attached hydrogen (secondary N) is 1. The summed E-state index contributed by atoms with van der Waals surface area (Å²) in [6, 6.07) is 8.35. The number of piperidine rings is 1. The van der Waals surface area contributed by atoms with Crippen LogP contribution in [-0.2, 0) is 16.1 Å². The van der Waals surface area contributed by atoms with E-state index >= 15 is 0 Å². The van der Waals surface area contributed by atoms with Gasteiger partial charge in [0.05, 0.1) is 20.3 Å². The Morgan fingerprint density at radius 1 is 1.19 bits per heavy atom. The molecule has 6 heteroatoms. The van der Waals surface area contributed by atoms with Gasteiger partial charge in [-0.15, -0.1) is 0 Å². The van der Waals surface area contributed by atoms with Crippen LogP contribution in [0.2, 0.25) is 0 Å². The summed E-state index contributed by atoms with van der Waals surface area (Å²) in [5.74, 6) is 1.56. The fraction of sp³-hybridized carbons (Fsp3) is 0.650. The van der Waals surface area contributed by atoms with Crippen LogP contribution in [0, 0.1) is 5.92 Å². The number of hydrogen-bond donors (Lipinski definition) is 1. The first-order valence-electron chi connectivity index (χ1n) is 9.53. The minimum atomic E-state index is 0.0839. The van der Waals surface area contributed by atoms with Gasteiger partial charge in [0, 0.05) is 51.4 Å². The predicted octanol–water partition coefficient (Wildman–Crippen LogP) is 1.35. The summed E-state index contributed by atoms with van der Waals surface area (Å²) in [5, 5.41) is 3.04. The zero-order valence-electron chi connectivity index (χ0n) is 15.9. The van der Waals surface area contributed by atoms with Gasteiger partial charge in [-0.2, -0.15) is 0 Å². The van der Waals surface area contributed by atoms with Crippen molar-refractivity contribution in [2.24, 2.45) is 5.92 Å². The normalized spacial score (nSPS) is 23.6. The smallest absolute Gasteiger partial charge is 0.234 e. The number of para-hydroxylation sites is 1. The number of benzene rings is 1. The molecule has 26 heavy (non-hydrogen) atoms. The lowest BCUT2D eigenvalue weighted by Crippen LogP contribution is -2.46. The van der Waals surface area contributed by atoms with Gasteiger partial charge in [0.25, 0.3) is 0 Å². The van der Waals surface area contributed by atoms with Crippen LogP contribution in [0.5, 0.6) is 5.75 Å². The van der Waals surface area contributed by atoms with Gasteiger partial charge in [0.15, 0.2) is 0 Å². The highest BCUT2D eigenvalue weighted by atomic mass is 16.5. The number of rotatable bonds is 8. The molecule has 1 amide bonds. The number of methoxy groups -OCH3 is 2. The van der Waals surface area contributed by atoms with E-state index in [-0.39, 0.29) is 5.91 Å². The molecule has 3 aliphatic rings. The SMILES string of the molecule is COCCN1C[C@@H]2CC[C@H]1CN(CC(=O)NCc1ccccc1OC)C2. The van der Waals surface area contributed by atoms with E-state index in [4.69, 9.17) is 9.47 Å². The van der Waals surface area contributed by atoms with Crippen molar-refractivity contribution in [2.75, 3.05) is 53.6 Å². The number of nitrogens with zero attached hydrogens (tertiary/aromatic N) is 2. The molecule has 0 saturated carbocycles. The Hall–Kier alpha value is -1.63. The van der Waals surface area contributed by atoms with Crippen molar-refractivity contribution >= 4 is 5.91 Å². The molecule has 0 aromatic heterocycles. The number of fused-ring (bicyclic) bond motifs is 4. The molecule has 3 aliphatic heterocycles. The second-order valence-electron chi connectivity index (χ2n) is 7.37. The summed E-state index contributed by atoms with van der Waals surface area (Å²) >= 11 is 0. The van der Waals surface area contributed by atoms with Crippen molar-refractivity contribution in [1.82, 2.24) is 15.1 Å². The molecule has 3 heterocycles. The molecule has 3 saturated heterocycles. The van der Waals surface area contributed by atoms with Crippen LogP contribution in [0.15, 0.2) is 24.3 Å². The molecule has 144 valence electrons. The molecule has 0 radical (unpaired) electrons. The molecule has 6 nitrogen and oxygen atoms in total. The van der Waals surface area contributed by atoms with Crippen LogP contribution in [0.3, 0.4) is 0 Å². The van der Waals surface area contributed by atoms with Crippen LogP contribution in [0.4, 0.5) is 0 Å². The summed E-state index contributed by atoms with van der Waals surface area (Å²) < 4.78 is 10.6. The van der Waals surface area contributed by atoms with Crippen molar-refractivity contribution in [3.8, 4) is 5.75 Å². The maximum Gasteiger partial charge on any atom is 0.234 e. The van der Waals surface area contributed by atoms with Crippen LogP contribution >= 0.6 is 0 Å². The summed E-state index contributed by atoms with van der Waals surface area (Å²) in [6.07, 6.45) is 2.50. The van der Waals surface area contributed by atoms with E-state index in [9.17, 15) is 4.79 Å². The summed E-state index contributed by atoms with van der Waals surface area (Å²) in [4.78, 5) is 17.3. The van der Waals surface area contributed by atoms with Crippen LogP contribution in [-0.4, -0.2) is 75.3 Å². The molecule has 2 bridgehead atoms. The minimum Gasteiger partial charge on any atom is -0.496 e. The number of ether oxygens (including phenoxy) is 2. The lowest BCUT2D eigenvalue weighted by Gasteiger charge is -2.35. The van der Waals surface area contributed by atoms with E-state index in [1.54, 1.807) is 14.2 Å². The Balaban J connectivity index is 1.50. The van der Waals surface area contributed by atoms with Gasteiger partial charge in [-0.25, -0.2) is 0 Å². The fourth-order valence-corrected chi connectivity index (χ4v) is 4.19. The van der Waals surface area contributed by atoms with E-state index in [0.29, 0.717) is 25.0 Å². The zero-order chi connectivity index (χ0) is 18.4. The van der Waals surface area contributed by atoms with E-state index < -0.39 is 0 Å². The molecule has 0 spiro atoms. The molecular formula is C20H31N3O3. The Morgan fingerprint density at radius 2 is 2.04 bits per heavy atom. The molecule has 3 fully saturated rings. The molecule has 0 unspecified atom stereocenters. The third-order valence-corrected chi connectivity index (χ3v) is 5.52. The van der Waals surface area contributed by atoms with Crippen LogP contribution in [0.1, 0.15) is 18.4 Å². The number of amides is 1. The average molecular weight is 361 g/mol. The average Bonchev–Trinajstić information content (AvgIpc) is 2.95. The molecule has 1 aromatic rings. The summed E-state index contributed by atoms with van der Waals surface area (Å²) in [6.45, 7) is 5.87. The van der Waals surface area contributed by atoms with Gasteiger partial charge in [-0.05, 0) is 24.8 Å². The van der Waals surface area contributed by atoms with Gasteiger partial charge in [-0.3, -0.25) is 14.6 Å². The maximum absolute atomic E-state index is 12.5. The Bertz CT molecular complexity index is 595. The van der Waals surface area contributed by atoms with Gasteiger partial charge in [0.2, 0.25) is 5.91 Å². The highest BCUT2D eigenvalue weighted by molar-refractivity contribution is 5.78. The van der Waals surface area contributed by atoms with Gasteiger partial charge in [-0.1, -0.05) is 18.2 Å². The lowest BCUT2D eigenvalue weighted by atomic mass is 9.95. The monoisotopic (exact) mass is 361 g/mol. The van der Waals surface area contributed by atoms with E-state index in [2.05, 4.69) is 15.1 Å². The number of hydrogen-bond acceptors (Lipinski definition) is 5. The predicted molar refractivity (Wildman–Crippen MR) is 101 cm³/mol. The van der Waals surface area contributed by atoms with Crippen LogP contribution < -0.4 is 10.1 Å². The molecular weight excluding hydrogens is 330 g/mol. The highest BCUT2D eigenvalue weighted by Crippen LogP contribution is 2.27. The zero-order valence-corrected chi connectivity index (χ0v) is 15.9. The second kappa shape index (κ2) is 9.35. The molecule has 0 aliphatic carbocycles. The van der Waals surface area contributed by atoms with Crippen molar-refractivity contribution in [2.45, 2.75) is 25.4 Å². The first kappa shape index (κ1) is 19.1. The van der Waals surface area contributed by atoms with E-state index in [1.807, 2.05) is 24.3 Å². The first-order chi connectivity index (χ1) is 12.7. The Labute approximate surface area is 156 Å². The van der Waals surface area contributed by atoms with Crippen molar-refractivity contribution < 1.29 is 14.3 Å². The Kier molecular flexibility index (Phi) is 6.88. The molecule has 1 N–H and O–H groups in total. The summed E-state index contributed by atoms with van der Waals surface area (Å²) in [7, 11) is 3.41. The third kappa shape index (κ3) is 4.96. The van der Waals surface area contributed by atoms with Gasteiger partial charge < -0.3 is 14.8 Å². The number of carbonyl (C=O) groups is 1. The standard InChI is InChI=1S/C20H31N3O3/c1-25-10-9-23-13-16-7-8-18(23)14-22(12-16)15-20(24)21-11-17-5-3-4-6-19(17)26-2/h3-6,16,18H,7-15H2,1-2H3,(H,21,24)/t16-,18+/m1/s1.